The number of aliphatic hydroxyl groups is 1. The van der Waals surface area contributed by atoms with Crippen LogP contribution in [0.5, 0.6) is 5.88 Å². The van der Waals surface area contributed by atoms with Crippen molar-refractivity contribution in [1.82, 2.24) is 9.78 Å². The molecule has 1 aromatic heterocycles. The second kappa shape index (κ2) is 2.70. The zero-order chi connectivity index (χ0) is 7.56. The normalized spacial score (nSPS) is 9.90. The second-order valence-corrected chi connectivity index (χ2v) is 2.00. The molecule has 0 radical (unpaired) electrons. The molecular formula is C6H10N2O2. The second-order valence-electron chi connectivity index (χ2n) is 2.00. The van der Waals surface area contributed by atoms with Crippen molar-refractivity contribution in [1.29, 1.82) is 0 Å². The highest BCUT2D eigenvalue weighted by Gasteiger charge is 2.04. The number of rotatable bonds is 2. The molecule has 0 atom stereocenters. The molecule has 0 aliphatic carbocycles. The molecule has 0 amide bonds. The minimum absolute atomic E-state index is 0.0307. The Morgan fingerprint density at radius 3 is 2.90 bits per heavy atom. The summed E-state index contributed by atoms with van der Waals surface area (Å²) in [4.78, 5) is 0. The number of ether oxygens (including phenoxy) is 1. The SMILES string of the molecule is COc1nn(C)cc1CO. The molecule has 10 heavy (non-hydrogen) atoms. The molecule has 0 saturated carbocycles. The number of aryl methyl sites for hydroxylation is 1. The molecular weight excluding hydrogens is 132 g/mol. The van der Waals surface area contributed by atoms with E-state index < -0.39 is 0 Å². The van der Waals surface area contributed by atoms with Crippen molar-refractivity contribution < 1.29 is 9.84 Å². The molecule has 0 aromatic carbocycles. The van der Waals surface area contributed by atoms with Crippen LogP contribution in [0.4, 0.5) is 0 Å². The Balaban J connectivity index is 2.96. The smallest absolute Gasteiger partial charge is 0.238 e. The fourth-order valence-corrected chi connectivity index (χ4v) is 0.797. The maximum atomic E-state index is 8.73. The van der Waals surface area contributed by atoms with Gasteiger partial charge in [0.15, 0.2) is 0 Å². The van der Waals surface area contributed by atoms with E-state index >= 15 is 0 Å². The average molecular weight is 142 g/mol. The monoisotopic (exact) mass is 142 g/mol. The van der Waals surface area contributed by atoms with Gasteiger partial charge in [0, 0.05) is 13.2 Å². The van der Waals surface area contributed by atoms with Crippen molar-refractivity contribution in [3.05, 3.63) is 11.8 Å². The minimum atomic E-state index is -0.0307. The quantitative estimate of drug-likeness (QED) is 0.628. The van der Waals surface area contributed by atoms with Gasteiger partial charge in [0.1, 0.15) is 0 Å². The Kier molecular flexibility index (Phi) is 1.91. The molecule has 0 spiro atoms. The van der Waals surface area contributed by atoms with Gasteiger partial charge in [0.05, 0.1) is 19.3 Å². The van der Waals surface area contributed by atoms with E-state index in [1.807, 2.05) is 0 Å². The average Bonchev–Trinajstić information content (AvgIpc) is 2.30. The van der Waals surface area contributed by atoms with Gasteiger partial charge in [-0.1, -0.05) is 0 Å². The highest BCUT2D eigenvalue weighted by atomic mass is 16.5. The minimum Gasteiger partial charge on any atom is -0.480 e. The lowest BCUT2D eigenvalue weighted by atomic mass is 10.4. The van der Waals surface area contributed by atoms with Crippen molar-refractivity contribution in [2.24, 2.45) is 7.05 Å². The largest absolute Gasteiger partial charge is 0.480 e. The summed E-state index contributed by atoms with van der Waals surface area (Å²) < 4.78 is 6.47. The Morgan fingerprint density at radius 2 is 2.50 bits per heavy atom. The van der Waals surface area contributed by atoms with Gasteiger partial charge in [-0.3, -0.25) is 4.68 Å². The summed E-state index contributed by atoms with van der Waals surface area (Å²) in [6, 6.07) is 0. The number of aromatic nitrogens is 2. The van der Waals surface area contributed by atoms with Gasteiger partial charge in [0.2, 0.25) is 5.88 Å². The summed E-state index contributed by atoms with van der Waals surface area (Å²) in [7, 11) is 3.31. The number of hydrogen-bond acceptors (Lipinski definition) is 3. The zero-order valence-corrected chi connectivity index (χ0v) is 6.03. The van der Waals surface area contributed by atoms with Crippen LogP contribution in [0.3, 0.4) is 0 Å². The predicted molar refractivity (Wildman–Crippen MR) is 35.7 cm³/mol. The fraction of sp³-hybridized carbons (Fsp3) is 0.500. The summed E-state index contributed by atoms with van der Waals surface area (Å²) >= 11 is 0. The Hall–Kier alpha value is -1.03. The highest BCUT2D eigenvalue weighted by molar-refractivity contribution is 5.21. The van der Waals surface area contributed by atoms with E-state index in [1.54, 1.807) is 17.9 Å². The number of methoxy groups -OCH3 is 1. The Morgan fingerprint density at radius 1 is 1.80 bits per heavy atom. The van der Waals surface area contributed by atoms with Gasteiger partial charge in [-0.25, -0.2) is 0 Å². The van der Waals surface area contributed by atoms with E-state index in [9.17, 15) is 0 Å². The number of hydrogen-bond donors (Lipinski definition) is 1. The maximum Gasteiger partial charge on any atom is 0.238 e. The number of nitrogens with zero attached hydrogens (tertiary/aromatic N) is 2. The lowest BCUT2D eigenvalue weighted by molar-refractivity contribution is 0.273. The van der Waals surface area contributed by atoms with Crippen LogP contribution in [0, 0.1) is 0 Å². The first kappa shape index (κ1) is 7.08. The molecule has 0 bridgehead atoms. The molecule has 4 nitrogen and oxygen atoms in total. The molecule has 0 aliphatic heterocycles. The third-order valence-electron chi connectivity index (χ3n) is 1.23. The molecule has 1 N–H and O–H groups in total. The Labute approximate surface area is 59.0 Å². The highest BCUT2D eigenvalue weighted by Crippen LogP contribution is 2.13. The van der Waals surface area contributed by atoms with E-state index in [2.05, 4.69) is 5.10 Å². The molecule has 0 fully saturated rings. The van der Waals surface area contributed by atoms with E-state index in [4.69, 9.17) is 9.84 Å². The molecule has 0 aliphatic rings. The third-order valence-corrected chi connectivity index (χ3v) is 1.23. The lowest BCUT2D eigenvalue weighted by Crippen LogP contribution is -1.89. The van der Waals surface area contributed by atoms with Gasteiger partial charge in [0.25, 0.3) is 0 Å². The predicted octanol–water partition coefficient (Wildman–Crippen LogP) is -0.0790. The molecule has 0 unspecified atom stereocenters. The van der Waals surface area contributed by atoms with Crippen LogP contribution in [0.1, 0.15) is 5.56 Å². The Bertz CT molecular complexity index is 198. The van der Waals surface area contributed by atoms with Crippen molar-refractivity contribution in [2.45, 2.75) is 6.61 Å². The van der Waals surface area contributed by atoms with Crippen LogP contribution in [-0.4, -0.2) is 22.0 Å². The maximum absolute atomic E-state index is 8.73. The van der Waals surface area contributed by atoms with Crippen molar-refractivity contribution >= 4 is 0 Å². The van der Waals surface area contributed by atoms with Crippen molar-refractivity contribution in [3.8, 4) is 5.88 Å². The van der Waals surface area contributed by atoms with Crippen LogP contribution in [0.25, 0.3) is 0 Å². The molecule has 0 saturated heterocycles. The molecule has 4 heteroatoms. The molecule has 1 aromatic rings. The first-order valence-electron chi connectivity index (χ1n) is 2.95. The van der Waals surface area contributed by atoms with E-state index in [1.165, 1.54) is 7.11 Å². The first-order valence-corrected chi connectivity index (χ1v) is 2.95. The topological polar surface area (TPSA) is 47.3 Å². The summed E-state index contributed by atoms with van der Waals surface area (Å²) in [5.41, 5.74) is 0.713. The van der Waals surface area contributed by atoms with Gasteiger partial charge in [-0.05, 0) is 0 Å². The van der Waals surface area contributed by atoms with Gasteiger partial charge in [-0.2, -0.15) is 0 Å². The molecule has 1 heterocycles. The summed E-state index contributed by atoms with van der Waals surface area (Å²) in [6.45, 7) is -0.0307. The van der Waals surface area contributed by atoms with Crippen LogP contribution in [-0.2, 0) is 13.7 Å². The van der Waals surface area contributed by atoms with Crippen molar-refractivity contribution in [3.63, 3.8) is 0 Å². The van der Waals surface area contributed by atoms with Crippen LogP contribution < -0.4 is 4.74 Å². The van der Waals surface area contributed by atoms with Gasteiger partial charge >= 0.3 is 0 Å². The first-order chi connectivity index (χ1) is 4.77. The van der Waals surface area contributed by atoms with E-state index in [0.29, 0.717) is 11.4 Å². The van der Waals surface area contributed by atoms with E-state index in [-0.39, 0.29) is 6.61 Å². The van der Waals surface area contributed by atoms with Crippen LogP contribution in [0.15, 0.2) is 6.20 Å². The molecule has 56 valence electrons. The van der Waals surface area contributed by atoms with Crippen LogP contribution in [0.2, 0.25) is 0 Å². The van der Waals surface area contributed by atoms with Gasteiger partial charge in [-0.15, -0.1) is 5.10 Å². The van der Waals surface area contributed by atoms with E-state index in [0.717, 1.165) is 0 Å². The number of aliphatic hydroxyl groups excluding tert-OH is 1. The zero-order valence-electron chi connectivity index (χ0n) is 6.03. The summed E-state index contributed by atoms with van der Waals surface area (Å²) in [5, 5.41) is 12.7. The van der Waals surface area contributed by atoms with Gasteiger partial charge < -0.3 is 9.84 Å². The molecule has 1 rings (SSSR count). The standard InChI is InChI=1S/C6H10N2O2/c1-8-3-5(4-9)6(7-8)10-2/h3,9H,4H2,1-2H3. The van der Waals surface area contributed by atoms with Crippen LogP contribution >= 0.6 is 0 Å². The van der Waals surface area contributed by atoms with Crippen molar-refractivity contribution in [2.75, 3.05) is 7.11 Å². The fourth-order valence-electron chi connectivity index (χ4n) is 0.797. The summed E-state index contributed by atoms with van der Waals surface area (Å²) in [6.07, 6.45) is 1.72. The summed E-state index contributed by atoms with van der Waals surface area (Å²) in [5.74, 6) is 0.491. The third kappa shape index (κ3) is 1.11. The lowest BCUT2D eigenvalue weighted by Gasteiger charge is -1.93.